The van der Waals surface area contributed by atoms with Crippen molar-refractivity contribution in [2.45, 2.75) is 27.4 Å². The second kappa shape index (κ2) is 3.43. The summed E-state index contributed by atoms with van der Waals surface area (Å²) >= 11 is 0. The van der Waals surface area contributed by atoms with Crippen LogP contribution in [0.3, 0.4) is 0 Å². The summed E-state index contributed by atoms with van der Waals surface area (Å²) in [5.41, 5.74) is 2.13. The maximum atomic E-state index is 10.5. The largest absolute Gasteiger partial charge is 0.465 e. The van der Waals surface area contributed by atoms with Crippen molar-refractivity contribution in [1.82, 2.24) is 0 Å². The molecule has 0 atom stereocenters. The third-order valence-electron chi connectivity index (χ3n) is 1.79. The van der Waals surface area contributed by atoms with Crippen LogP contribution in [0.15, 0.2) is 10.7 Å². The number of rotatable bonds is 2. The molecule has 1 aromatic rings. The molecule has 1 rings (SSSR count). The number of carbonyl (C=O) groups excluding carboxylic acids is 1. The van der Waals surface area contributed by atoms with Crippen molar-refractivity contribution in [3.63, 3.8) is 0 Å². The molecule has 66 valence electrons. The Kier molecular flexibility index (Phi) is 2.53. The van der Waals surface area contributed by atoms with Crippen LogP contribution < -0.4 is 0 Å². The number of esters is 1. The van der Waals surface area contributed by atoms with Gasteiger partial charge in [0, 0.05) is 6.92 Å². The number of ether oxygens (including phenoxy) is 1. The summed E-state index contributed by atoms with van der Waals surface area (Å²) in [5.74, 6) is 0.436. The fraction of sp³-hybridized carbons (Fsp3) is 0.444. The Balaban J connectivity index is 2.63. The Morgan fingerprint density at radius 3 is 2.67 bits per heavy atom. The van der Waals surface area contributed by atoms with E-state index in [1.165, 1.54) is 6.92 Å². The van der Waals surface area contributed by atoms with Gasteiger partial charge in [-0.3, -0.25) is 4.79 Å². The highest BCUT2D eigenvalue weighted by Crippen LogP contribution is 2.15. The van der Waals surface area contributed by atoms with E-state index in [1.54, 1.807) is 6.26 Å². The van der Waals surface area contributed by atoms with Gasteiger partial charge in [-0.15, -0.1) is 0 Å². The second-order valence-electron chi connectivity index (χ2n) is 2.75. The lowest BCUT2D eigenvalue weighted by molar-refractivity contribution is -0.142. The number of furan rings is 1. The SMILES string of the molecule is CC(=O)OCc1occ(C)c1C. The topological polar surface area (TPSA) is 39.4 Å². The zero-order chi connectivity index (χ0) is 9.14. The third kappa shape index (κ3) is 1.87. The lowest BCUT2D eigenvalue weighted by Crippen LogP contribution is -1.98. The first-order chi connectivity index (χ1) is 5.61. The predicted molar refractivity (Wildman–Crippen MR) is 43.7 cm³/mol. The lowest BCUT2D eigenvalue weighted by atomic mass is 10.2. The third-order valence-corrected chi connectivity index (χ3v) is 1.79. The minimum atomic E-state index is -0.288. The van der Waals surface area contributed by atoms with Gasteiger partial charge in [0.05, 0.1) is 6.26 Å². The summed E-state index contributed by atoms with van der Waals surface area (Å²) < 4.78 is 9.96. The van der Waals surface area contributed by atoms with E-state index in [0.29, 0.717) is 0 Å². The molecule has 12 heavy (non-hydrogen) atoms. The van der Waals surface area contributed by atoms with Gasteiger partial charge in [-0.1, -0.05) is 0 Å². The van der Waals surface area contributed by atoms with Crippen LogP contribution in [0.5, 0.6) is 0 Å². The molecule has 0 spiro atoms. The quantitative estimate of drug-likeness (QED) is 0.633. The predicted octanol–water partition coefficient (Wildman–Crippen LogP) is 1.96. The maximum Gasteiger partial charge on any atom is 0.303 e. The number of hydrogen-bond acceptors (Lipinski definition) is 3. The van der Waals surface area contributed by atoms with Gasteiger partial charge in [-0.2, -0.15) is 0 Å². The smallest absolute Gasteiger partial charge is 0.303 e. The molecule has 0 amide bonds. The van der Waals surface area contributed by atoms with Crippen molar-refractivity contribution in [1.29, 1.82) is 0 Å². The fourth-order valence-corrected chi connectivity index (χ4v) is 0.866. The Morgan fingerprint density at radius 2 is 2.25 bits per heavy atom. The molecule has 0 bridgehead atoms. The van der Waals surface area contributed by atoms with Crippen LogP contribution in [0, 0.1) is 13.8 Å². The molecule has 0 saturated carbocycles. The van der Waals surface area contributed by atoms with Crippen molar-refractivity contribution in [3.8, 4) is 0 Å². The molecular weight excluding hydrogens is 156 g/mol. The standard InChI is InChI=1S/C9H12O3/c1-6-4-12-9(7(6)2)5-11-8(3)10/h4H,5H2,1-3H3. The molecule has 1 heterocycles. The van der Waals surface area contributed by atoms with E-state index < -0.39 is 0 Å². The minimum Gasteiger partial charge on any atom is -0.465 e. The summed E-state index contributed by atoms with van der Waals surface area (Å²) in [6.07, 6.45) is 1.66. The van der Waals surface area contributed by atoms with Gasteiger partial charge in [0.2, 0.25) is 0 Å². The highest BCUT2D eigenvalue weighted by atomic mass is 16.5. The van der Waals surface area contributed by atoms with Gasteiger partial charge in [-0.25, -0.2) is 0 Å². The number of carbonyl (C=O) groups is 1. The van der Waals surface area contributed by atoms with Crippen LogP contribution in [-0.4, -0.2) is 5.97 Å². The van der Waals surface area contributed by atoms with Crippen molar-refractivity contribution >= 4 is 5.97 Å². The van der Waals surface area contributed by atoms with E-state index in [9.17, 15) is 4.79 Å². The first-order valence-electron chi connectivity index (χ1n) is 3.78. The highest BCUT2D eigenvalue weighted by Gasteiger charge is 2.06. The van der Waals surface area contributed by atoms with Crippen LogP contribution in [0.25, 0.3) is 0 Å². The lowest BCUT2D eigenvalue weighted by Gasteiger charge is -1.98. The molecule has 0 aromatic carbocycles. The molecule has 0 fully saturated rings. The zero-order valence-electron chi connectivity index (χ0n) is 7.51. The van der Waals surface area contributed by atoms with Crippen molar-refractivity contribution in [2.24, 2.45) is 0 Å². The van der Waals surface area contributed by atoms with E-state index in [0.717, 1.165) is 16.9 Å². The van der Waals surface area contributed by atoms with Gasteiger partial charge >= 0.3 is 5.97 Å². The Morgan fingerprint density at radius 1 is 1.58 bits per heavy atom. The monoisotopic (exact) mass is 168 g/mol. The van der Waals surface area contributed by atoms with E-state index >= 15 is 0 Å². The Hall–Kier alpha value is -1.25. The molecule has 3 nitrogen and oxygen atoms in total. The van der Waals surface area contributed by atoms with Crippen LogP contribution in [0.4, 0.5) is 0 Å². The van der Waals surface area contributed by atoms with Crippen LogP contribution in [-0.2, 0) is 16.1 Å². The first-order valence-corrected chi connectivity index (χ1v) is 3.78. The summed E-state index contributed by atoms with van der Waals surface area (Å²) in [5, 5.41) is 0. The van der Waals surface area contributed by atoms with Gasteiger partial charge in [0.15, 0.2) is 0 Å². The van der Waals surface area contributed by atoms with Gasteiger partial charge in [0.1, 0.15) is 12.4 Å². The maximum absolute atomic E-state index is 10.5. The molecule has 0 radical (unpaired) electrons. The van der Waals surface area contributed by atoms with Crippen LogP contribution in [0.2, 0.25) is 0 Å². The molecule has 0 aliphatic heterocycles. The molecular formula is C9H12O3. The van der Waals surface area contributed by atoms with Gasteiger partial charge in [0.25, 0.3) is 0 Å². The van der Waals surface area contributed by atoms with E-state index in [-0.39, 0.29) is 12.6 Å². The summed E-state index contributed by atoms with van der Waals surface area (Å²) in [4.78, 5) is 10.5. The van der Waals surface area contributed by atoms with Gasteiger partial charge < -0.3 is 9.15 Å². The summed E-state index contributed by atoms with van der Waals surface area (Å²) in [6.45, 7) is 5.51. The molecule has 0 aliphatic carbocycles. The normalized spacial score (nSPS) is 9.92. The fourth-order valence-electron chi connectivity index (χ4n) is 0.866. The van der Waals surface area contributed by atoms with Crippen molar-refractivity contribution in [3.05, 3.63) is 23.2 Å². The van der Waals surface area contributed by atoms with Gasteiger partial charge in [-0.05, 0) is 25.0 Å². The Bertz CT molecular complexity index is 286. The summed E-state index contributed by atoms with van der Waals surface area (Å²) in [6, 6.07) is 0. The van der Waals surface area contributed by atoms with E-state index in [4.69, 9.17) is 9.15 Å². The zero-order valence-corrected chi connectivity index (χ0v) is 7.51. The molecule has 1 aromatic heterocycles. The van der Waals surface area contributed by atoms with Crippen LogP contribution >= 0.6 is 0 Å². The van der Waals surface area contributed by atoms with Crippen LogP contribution in [0.1, 0.15) is 23.8 Å². The number of aryl methyl sites for hydroxylation is 1. The average Bonchev–Trinajstić information content (AvgIpc) is 2.30. The molecule has 0 N–H and O–H groups in total. The van der Waals surface area contributed by atoms with Crippen molar-refractivity contribution in [2.75, 3.05) is 0 Å². The number of hydrogen-bond donors (Lipinski definition) is 0. The highest BCUT2D eigenvalue weighted by molar-refractivity contribution is 5.65. The van der Waals surface area contributed by atoms with E-state index in [1.807, 2.05) is 13.8 Å². The first kappa shape index (κ1) is 8.84. The van der Waals surface area contributed by atoms with Crippen molar-refractivity contribution < 1.29 is 13.9 Å². The molecule has 0 aliphatic rings. The molecule has 0 unspecified atom stereocenters. The minimum absolute atomic E-state index is 0.231. The summed E-state index contributed by atoms with van der Waals surface area (Å²) in [7, 11) is 0. The second-order valence-corrected chi connectivity index (χ2v) is 2.75. The van der Waals surface area contributed by atoms with E-state index in [2.05, 4.69) is 0 Å². The average molecular weight is 168 g/mol. The molecule has 3 heteroatoms. The molecule has 0 saturated heterocycles. The Labute approximate surface area is 71.3 Å².